The zero-order valence-corrected chi connectivity index (χ0v) is 21.3. The topological polar surface area (TPSA) is 71.8 Å². The van der Waals surface area contributed by atoms with Crippen molar-refractivity contribution in [2.24, 2.45) is 0 Å². The van der Waals surface area contributed by atoms with Crippen LogP contribution in [0, 0.1) is 6.92 Å². The van der Waals surface area contributed by atoms with Gasteiger partial charge in [0.25, 0.3) is 5.91 Å². The Labute approximate surface area is 221 Å². The molecule has 6 nitrogen and oxygen atoms in total. The number of carbonyl (C=O) groups is 2. The van der Waals surface area contributed by atoms with Crippen molar-refractivity contribution in [1.29, 1.82) is 0 Å². The van der Waals surface area contributed by atoms with Crippen molar-refractivity contribution in [3.8, 4) is 5.75 Å². The number of methoxy groups -OCH3 is 1. The van der Waals surface area contributed by atoms with E-state index >= 15 is 0 Å². The van der Waals surface area contributed by atoms with Crippen molar-refractivity contribution in [2.75, 3.05) is 17.3 Å². The third-order valence-corrected chi connectivity index (χ3v) is 7.39. The number of furan rings is 1. The van der Waals surface area contributed by atoms with E-state index in [1.165, 1.54) is 0 Å². The van der Waals surface area contributed by atoms with Gasteiger partial charge in [0.05, 0.1) is 30.8 Å². The fourth-order valence-corrected chi connectivity index (χ4v) is 5.56. The van der Waals surface area contributed by atoms with Gasteiger partial charge in [0.1, 0.15) is 11.5 Å². The van der Waals surface area contributed by atoms with Gasteiger partial charge in [0.15, 0.2) is 5.78 Å². The van der Waals surface area contributed by atoms with Crippen LogP contribution in [0.5, 0.6) is 5.75 Å². The molecule has 2 atom stereocenters. The van der Waals surface area contributed by atoms with Crippen LogP contribution in [0.4, 0.5) is 11.4 Å². The van der Waals surface area contributed by atoms with Gasteiger partial charge in [-0.05, 0) is 55.8 Å². The molecule has 3 aromatic carbocycles. The average molecular weight is 505 g/mol. The van der Waals surface area contributed by atoms with Crippen LogP contribution in [0.3, 0.4) is 0 Å². The van der Waals surface area contributed by atoms with E-state index in [9.17, 15) is 9.59 Å². The highest BCUT2D eigenvalue weighted by Gasteiger charge is 2.43. The Morgan fingerprint density at radius 1 is 0.947 bits per heavy atom. The number of anilines is 2. The van der Waals surface area contributed by atoms with Gasteiger partial charge in [-0.3, -0.25) is 14.5 Å². The number of nitrogens with zero attached hydrogens (tertiary/aromatic N) is 1. The minimum absolute atomic E-state index is 0.0226. The van der Waals surface area contributed by atoms with Crippen molar-refractivity contribution in [3.63, 3.8) is 0 Å². The lowest BCUT2D eigenvalue weighted by Gasteiger charge is -2.35. The molecule has 2 aliphatic rings. The molecule has 1 aromatic heterocycles. The summed E-state index contributed by atoms with van der Waals surface area (Å²) >= 11 is 0. The number of ketones is 1. The number of aryl methyl sites for hydroxylation is 1. The number of Topliss-reactive ketones (excluding diaryl/α,β-unsaturated/α-hetero) is 1. The second kappa shape index (κ2) is 9.71. The zero-order chi connectivity index (χ0) is 26.2. The lowest BCUT2D eigenvalue weighted by molar-refractivity contribution is -0.116. The molecule has 1 N–H and O–H groups in total. The van der Waals surface area contributed by atoms with E-state index in [0.717, 1.165) is 28.3 Å². The molecule has 0 spiro atoms. The fourth-order valence-electron chi connectivity index (χ4n) is 5.56. The second-order valence-electron chi connectivity index (χ2n) is 9.76. The Kier molecular flexibility index (Phi) is 6.08. The van der Waals surface area contributed by atoms with E-state index in [-0.39, 0.29) is 17.6 Å². The monoisotopic (exact) mass is 504 g/mol. The predicted molar refractivity (Wildman–Crippen MR) is 147 cm³/mol. The molecule has 38 heavy (non-hydrogen) atoms. The molecule has 2 heterocycles. The quantitative estimate of drug-likeness (QED) is 0.331. The van der Waals surface area contributed by atoms with Gasteiger partial charge in [-0.15, -0.1) is 0 Å². The van der Waals surface area contributed by atoms with Gasteiger partial charge in [0, 0.05) is 34.7 Å². The molecule has 190 valence electrons. The number of benzene rings is 3. The summed E-state index contributed by atoms with van der Waals surface area (Å²) < 4.78 is 11.5. The van der Waals surface area contributed by atoms with Crippen LogP contribution >= 0.6 is 0 Å². The minimum Gasteiger partial charge on any atom is -0.496 e. The van der Waals surface area contributed by atoms with Gasteiger partial charge in [0.2, 0.25) is 0 Å². The third kappa shape index (κ3) is 4.08. The standard InChI is InChI=1S/C32H28N2O4/c1-20-13-15-21(16-14-20)32(36)34-26-10-5-4-9-24(26)33-25-18-22(28-12-7-17-38-28)19-27(35)30(25)31(34)23-8-3-6-11-29(23)37-2/h3-17,22,31,33H,18-19H2,1-2H3/t22-,31+/m0/s1. The SMILES string of the molecule is COc1ccccc1[C@@H]1C2=C(C[C@H](c3ccco3)CC2=O)Nc2ccccc2N1C(=O)c1ccc(C)cc1. The Morgan fingerprint density at radius 3 is 2.47 bits per heavy atom. The normalized spacial score (nSPS) is 18.8. The minimum atomic E-state index is -0.684. The Morgan fingerprint density at radius 2 is 1.71 bits per heavy atom. The van der Waals surface area contributed by atoms with Crippen LogP contribution in [-0.4, -0.2) is 18.8 Å². The average Bonchev–Trinajstić information content (AvgIpc) is 3.43. The van der Waals surface area contributed by atoms with Gasteiger partial charge in [-0.2, -0.15) is 0 Å². The van der Waals surface area contributed by atoms with Crippen molar-refractivity contribution in [1.82, 2.24) is 0 Å². The molecule has 0 radical (unpaired) electrons. The van der Waals surface area contributed by atoms with Crippen molar-refractivity contribution < 1.29 is 18.7 Å². The van der Waals surface area contributed by atoms with Crippen LogP contribution in [0.25, 0.3) is 0 Å². The second-order valence-corrected chi connectivity index (χ2v) is 9.76. The first-order chi connectivity index (χ1) is 18.5. The first-order valence-electron chi connectivity index (χ1n) is 12.7. The summed E-state index contributed by atoms with van der Waals surface area (Å²) in [6.07, 6.45) is 2.52. The number of allylic oxidation sites excluding steroid dienone is 1. The third-order valence-electron chi connectivity index (χ3n) is 7.39. The highest BCUT2D eigenvalue weighted by Crippen LogP contribution is 2.49. The van der Waals surface area contributed by atoms with Crippen LogP contribution < -0.4 is 15.0 Å². The van der Waals surface area contributed by atoms with Gasteiger partial charge < -0.3 is 14.5 Å². The summed E-state index contributed by atoms with van der Waals surface area (Å²) in [6, 6.07) is 25.9. The van der Waals surface area contributed by atoms with Gasteiger partial charge in [-0.25, -0.2) is 0 Å². The molecule has 0 fully saturated rings. The molecule has 6 rings (SSSR count). The van der Waals surface area contributed by atoms with Crippen LogP contribution in [-0.2, 0) is 4.79 Å². The maximum absolute atomic E-state index is 14.4. The number of nitrogens with one attached hydrogen (secondary N) is 1. The molecule has 0 unspecified atom stereocenters. The number of ether oxygens (including phenoxy) is 1. The number of amides is 1. The van der Waals surface area contributed by atoms with Crippen LogP contribution in [0.1, 0.15) is 52.0 Å². The smallest absolute Gasteiger partial charge is 0.259 e. The van der Waals surface area contributed by atoms with E-state index in [1.54, 1.807) is 18.3 Å². The largest absolute Gasteiger partial charge is 0.496 e. The van der Waals surface area contributed by atoms with Gasteiger partial charge in [-0.1, -0.05) is 48.0 Å². The maximum Gasteiger partial charge on any atom is 0.259 e. The van der Waals surface area contributed by atoms with E-state index in [1.807, 2.05) is 91.9 Å². The maximum atomic E-state index is 14.4. The molecule has 1 aliphatic carbocycles. The zero-order valence-electron chi connectivity index (χ0n) is 21.3. The Balaban J connectivity index is 1.60. The molecule has 0 bridgehead atoms. The van der Waals surface area contributed by atoms with Crippen LogP contribution in [0.15, 0.2) is 107 Å². The molecule has 1 amide bonds. The molecule has 0 saturated heterocycles. The van der Waals surface area contributed by atoms with Crippen molar-refractivity contribution in [2.45, 2.75) is 31.7 Å². The van der Waals surface area contributed by atoms with E-state index in [0.29, 0.717) is 35.4 Å². The highest BCUT2D eigenvalue weighted by atomic mass is 16.5. The van der Waals surface area contributed by atoms with Crippen molar-refractivity contribution >= 4 is 23.1 Å². The van der Waals surface area contributed by atoms with Gasteiger partial charge >= 0.3 is 0 Å². The summed E-state index contributed by atoms with van der Waals surface area (Å²) in [5, 5.41) is 3.55. The predicted octanol–water partition coefficient (Wildman–Crippen LogP) is 6.81. The molecule has 6 heteroatoms. The van der Waals surface area contributed by atoms with Crippen LogP contribution in [0.2, 0.25) is 0 Å². The number of para-hydroxylation sites is 3. The Hall–Kier alpha value is -4.58. The summed E-state index contributed by atoms with van der Waals surface area (Å²) in [5.74, 6) is 1.10. The molecule has 1 aliphatic heterocycles. The number of carbonyl (C=O) groups excluding carboxylic acids is 2. The molecule has 4 aromatic rings. The highest BCUT2D eigenvalue weighted by molar-refractivity contribution is 6.12. The molecular formula is C32H28N2O4. The summed E-state index contributed by atoms with van der Waals surface area (Å²) in [7, 11) is 1.61. The van der Waals surface area contributed by atoms with Crippen molar-refractivity contribution in [3.05, 3.63) is 125 Å². The lowest BCUT2D eigenvalue weighted by atomic mass is 9.79. The molecular weight excluding hydrogens is 476 g/mol. The number of hydrogen-bond donors (Lipinski definition) is 1. The summed E-state index contributed by atoms with van der Waals surface area (Å²) in [6.45, 7) is 1.99. The summed E-state index contributed by atoms with van der Waals surface area (Å²) in [5.41, 5.74) is 5.21. The molecule has 0 saturated carbocycles. The summed E-state index contributed by atoms with van der Waals surface area (Å²) in [4.78, 5) is 30.2. The lowest BCUT2D eigenvalue weighted by Crippen LogP contribution is -2.38. The number of rotatable bonds is 4. The van der Waals surface area contributed by atoms with E-state index in [2.05, 4.69) is 5.32 Å². The fraction of sp³-hybridized carbons (Fsp3) is 0.188. The van der Waals surface area contributed by atoms with E-state index in [4.69, 9.17) is 9.15 Å². The first kappa shape index (κ1) is 23.8. The van der Waals surface area contributed by atoms with E-state index < -0.39 is 6.04 Å². The Bertz CT molecular complexity index is 1540. The number of fused-ring (bicyclic) bond motifs is 1. The first-order valence-corrected chi connectivity index (χ1v) is 12.7. The number of hydrogen-bond acceptors (Lipinski definition) is 5.